The van der Waals surface area contributed by atoms with Gasteiger partial charge in [-0.1, -0.05) is 15.9 Å². The standard InChI is InChI=1S/C8H13BrO2/c1-2-3-4-5-7(10)8(11)6-9/h7-8,10-11H,4-6H2,1H3/t7-,8-/m0/s1. The Balaban J connectivity index is 3.48. The fourth-order valence-corrected chi connectivity index (χ4v) is 1.07. The molecule has 0 radical (unpaired) electrons. The summed E-state index contributed by atoms with van der Waals surface area (Å²) < 4.78 is 0. The second-order valence-corrected chi connectivity index (χ2v) is 2.90. The van der Waals surface area contributed by atoms with Crippen molar-refractivity contribution in [2.45, 2.75) is 32.0 Å². The smallest absolute Gasteiger partial charge is 0.0895 e. The predicted molar refractivity (Wildman–Crippen MR) is 48.5 cm³/mol. The van der Waals surface area contributed by atoms with Crippen molar-refractivity contribution in [1.82, 2.24) is 0 Å². The first-order valence-electron chi connectivity index (χ1n) is 3.54. The maximum absolute atomic E-state index is 9.20. The molecule has 2 N–H and O–H groups in total. The molecule has 0 aromatic heterocycles. The number of hydrogen-bond acceptors (Lipinski definition) is 2. The molecule has 2 atom stereocenters. The van der Waals surface area contributed by atoms with Gasteiger partial charge in [-0.05, 0) is 13.3 Å². The number of aliphatic hydroxyl groups is 2. The van der Waals surface area contributed by atoms with Gasteiger partial charge in [0.25, 0.3) is 0 Å². The van der Waals surface area contributed by atoms with Gasteiger partial charge in [0.1, 0.15) is 0 Å². The van der Waals surface area contributed by atoms with Crippen LogP contribution >= 0.6 is 15.9 Å². The summed E-state index contributed by atoms with van der Waals surface area (Å²) in [5, 5.41) is 18.7. The summed E-state index contributed by atoms with van der Waals surface area (Å²) in [6.07, 6.45) is -0.154. The second kappa shape index (κ2) is 6.66. The van der Waals surface area contributed by atoms with Crippen LogP contribution in [0.4, 0.5) is 0 Å². The monoisotopic (exact) mass is 220 g/mol. The summed E-state index contributed by atoms with van der Waals surface area (Å²) in [5.41, 5.74) is 0. The zero-order valence-corrected chi connectivity index (χ0v) is 8.13. The lowest BCUT2D eigenvalue weighted by atomic mass is 10.1. The molecule has 0 spiro atoms. The first-order valence-corrected chi connectivity index (χ1v) is 4.66. The van der Waals surface area contributed by atoms with Crippen LogP contribution in [0.3, 0.4) is 0 Å². The zero-order valence-electron chi connectivity index (χ0n) is 6.55. The lowest BCUT2D eigenvalue weighted by Crippen LogP contribution is -2.26. The molecule has 0 aromatic rings. The molecule has 0 fully saturated rings. The average molecular weight is 221 g/mol. The molecular formula is C8H13BrO2. The van der Waals surface area contributed by atoms with Gasteiger partial charge in [-0.15, -0.1) is 11.8 Å². The van der Waals surface area contributed by atoms with E-state index in [1.165, 1.54) is 0 Å². The van der Waals surface area contributed by atoms with Crippen LogP contribution < -0.4 is 0 Å². The highest BCUT2D eigenvalue weighted by Gasteiger charge is 2.12. The van der Waals surface area contributed by atoms with E-state index in [4.69, 9.17) is 5.11 Å². The summed E-state index contributed by atoms with van der Waals surface area (Å²) in [6.45, 7) is 1.76. The van der Waals surface area contributed by atoms with Crippen LogP contribution in [0.2, 0.25) is 0 Å². The molecule has 64 valence electrons. The van der Waals surface area contributed by atoms with Crippen molar-refractivity contribution >= 4 is 15.9 Å². The average Bonchev–Trinajstić information content (AvgIpc) is 2.03. The molecule has 0 saturated heterocycles. The van der Waals surface area contributed by atoms with E-state index in [2.05, 4.69) is 27.8 Å². The molecule has 0 heterocycles. The van der Waals surface area contributed by atoms with Gasteiger partial charge in [0.15, 0.2) is 0 Å². The van der Waals surface area contributed by atoms with Gasteiger partial charge in [0.2, 0.25) is 0 Å². The fraction of sp³-hybridized carbons (Fsp3) is 0.750. The van der Waals surface area contributed by atoms with E-state index in [9.17, 15) is 5.11 Å². The molecular weight excluding hydrogens is 208 g/mol. The summed E-state index contributed by atoms with van der Waals surface area (Å²) in [6, 6.07) is 0. The normalized spacial score (nSPS) is 14.9. The third-order valence-electron chi connectivity index (χ3n) is 1.34. The summed E-state index contributed by atoms with van der Waals surface area (Å²) in [5.74, 6) is 5.55. The highest BCUT2D eigenvalue weighted by molar-refractivity contribution is 9.09. The number of halogens is 1. The SMILES string of the molecule is CC#CCC[C@H](O)[C@@H](O)CBr. The van der Waals surface area contributed by atoms with Gasteiger partial charge in [0, 0.05) is 11.8 Å². The highest BCUT2D eigenvalue weighted by atomic mass is 79.9. The first-order chi connectivity index (χ1) is 5.22. The van der Waals surface area contributed by atoms with Crippen LogP contribution in [0.1, 0.15) is 19.8 Å². The molecule has 0 rings (SSSR count). The Morgan fingerprint density at radius 1 is 1.36 bits per heavy atom. The van der Waals surface area contributed by atoms with E-state index < -0.39 is 12.2 Å². The minimum Gasteiger partial charge on any atom is -0.390 e. The Kier molecular flexibility index (Phi) is 6.63. The molecule has 0 amide bonds. The number of rotatable bonds is 4. The van der Waals surface area contributed by atoms with E-state index in [0.29, 0.717) is 18.2 Å². The molecule has 0 aromatic carbocycles. The quantitative estimate of drug-likeness (QED) is 0.547. The molecule has 3 heteroatoms. The Bertz CT molecular complexity index is 148. The molecule has 0 saturated carbocycles. The molecule has 0 aliphatic carbocycles. The first kappa shape index (κ1) is 11.0. The molecule has 2 nitrogen and oxygen atoms in total. The van der Waals surface area contributed by atoms with E-state index >= 15 is 0 Å². The van der Waals surface area contributed by atoms with Crippen molar-refractivity contribution in [3.8, 4) is 11.8 Å². The lowest BCUT2D eigenvalue weighted by molar-refractivity contribution is 0.0308. The van der Waals surface area contributed by atoms with Crippen LogP contribution in [-0.2, 0) is 0 Å². The van der Waals surface area contributed by atoms with Gasteiger partial charge in [-0.25, -0.2) is 0 Å². The van der Waals surface area contributed by atoms with E-state index in [-0.39, 0.29) is 0 Å². The number of alkyl halides is 1. The molecule has 0 bridgehead atoms. The van der Waals surface area contributed by atoms with Crippen molar-refractivity contribution < 1.29 is 10.2 Å². The van der Waals surface area contributed by atoms with Crippen LogP contribution in [0.25, 0.3) is 0 Å². The molecule has 0 unspecified atom stereocenters. The van der Waals surface area contributed by atoms with Crippen molar-refractivity contribution in [2.24, 2.45) is 0 Å². The minimum absolute atomic E-state index is 0.410. The van der Waals surface area contributed by atoms with Crippen molar-refractivity contribution in [1.29, 1.82) is 0 Å². The van der Waals surface area contributed by atoms with Gasteiger partial charge in [-0.2, -0.15) is 0 Å². The van der Waals surface area contributed by atoms with E-state index in [1.54, 1.807) is 6.92 Å². The third kappa shape index (κ3) is 5.25. The minimum atomic E-state index is -0.673. The lowest BCUT2D eigenvalue weighted by Gasteiger charge is -2.13. The van der Waals surface area contributed by atoms with E-state index in [0.717, 1.165) is 0 Å². The van der Waals surface area contributed by atoms with Crippen LogP contribution in [0.5, 0.6) is 0 Å². The summed E-state index contributed by atoms with van der Waals surface area (Å²) >= 11 is 3.08. The molecule has 0 aliphatic heterocycles. The largest absolute Gasteiger partial charge is 0.390 e. The van der Waals surface area contributed by atoms with Gasteiger partial charge in [0.05, 0.1) is 12.2 Å². The number of hydrogen-bond donors (Lipinski definition) is 2. The summed E-state index contributed by atoms with van der Waals surface area (Å²) in [4.78, 5) is 0. The van der Waals surface area contributed by atoms with Gasteiger partial charge >= 0.3 is 0 Å². The Morgan fingerprint density at radius 2 is 2.00 bits per heavy atom. The Labute approximate surface area is 75.7 Å². The van der Waals surface area contributed by atoms with Crippen molar-refractivity contribution in [3.05, 3.63) is 0 Å². The van der Waals surface area contributed by atoms with Crippen molar-refractivity contribution in [3.63, 3.8) is 0 Å². The van der Waals surface area contributed by atoms with Crippen LogP contribution in [-0.4, -0.2) is 27.8 Å². The maximum atomic E-state index is 9.20. The topological polar surface area (TPSA) is 40.5 Å². The summed E-state index contributed by atoms with van der Waals surface area (Å²) in [7, 11) is 0. The highest BCUT2D eigenvalue weighted by Crippen LogP contribution is 2.04. The van der Waals surface area contributed by atoms with Crippen LogP contribution in [0, 0.1) is 11.8 Å². The molecule has 11 heavy (non-hydrogen) atoms. The fourth-order valence-electron chi connectivity index (χ4n) is 0.640. The maximum Gasteiger partial charge on any atom is 0.0895 e. The molecule has 0 aliphatic rings. The Morgan fingerprint density at radius 3 is 2.45 bits per heavy atom. The predicted octanol–water partition coefficient (Wildman–Crippen LogP) is 0.907. The van der Waals surface area contributed by atoms with Crippen molar-refractivity contribution in [2.75, 3.05) is 5.33 Å². The Hall–Kier alpha value is -0.0400. The number of aliphatic hydroxyl groups excluding tert-OH is 2. The van der Waals surface area contributed by atoms with Crippen LogP contribution in [0.15, 0.2) is 0 Å². The second-order valence-electron chi connectivity index (χ2n) is 2.25. The third-order valence-corrected chi connectivity index (χ3v) is 2.01. The van der Waals surface area contributed by atoms with Gasteiger partial charge in [-0.3, -0.25) is 0 Å². The zero-order chi connectivity index (χ0) is 8.69. The van der Waals surface area contributed by atoms with Gasteiger partial charge < -0.3 is 10.2 Å². The van der Waals surface area contributed by atoms with E-state index in [1.807, 2.05) is 0 Å².